The predicted octanol–water partition coefficient (Wildman–Crippen LogP) is 3.57. The van der Waals surface area contributed by atoms with Crippen LogP contribution in [-0.2, 0) is 0 Å². The first-order valence-corrected chi connectivity index (χ1v) is 5.90. The van der Waals surface area contributed by atoms with Gasteiger partial charge in [-0.25, -0.2) is 0 Å². The second-order valence-corrected chi connectivity index (χ2v) is 4.38. The van der Waals surface area contributed by atoms with Gasteiger partial charge in [0.15, 0.2) is 0 Å². The number of hydrogen-bond acceptors (Lipinski definition) is 2. The summed E-state index contributed by atoms with van der Waals surface area (Å²) in [7, 11) is 0. The highest BCUT2D eigenvalue weighted by molar-refractivity contribution is 7.17. The zero-order valence-electron chi connectivity index (χ0n) is 8.58. The van der Waals surface area contributed by atoms with E-state index in [4.69, 9.17) is 0 Å². The summed E-state index contributed by atoms with van der Waals surface area (Å²) >= 11 is 1.83. The van der Waals surface area contributed by atoms with Gasteiger partial charge in [0.1, 0.15) is 0 Å². The predicted molar refractivity (Wildman–Crippen MR) is 63.9 cm³/mol. The second-order valence-electron chi connectivity index (χ2n) is 3.47. The first kappa shape index (κ1) is 9.69. The number of rotatable bonds is 3. The fraction of sp³-hybridized carbons (Fsp3) is 0.333. The lowest BCUT2D eigenvalue weighted by molar-refractivity contribution is 0.603. The maximum atomic E-state index is 3.45. The highest BCUT2D eigenvalue weighted by Crippen LogP contribution is 2.29. The summed E-state index contributed by atoms with van der Waals surface area (Å²) in [5, 5.41) is 7.10. The van der Waals surface area contributed by atoms with Crippen LogP contribution >= 0.6 is 11.3 Å². The second kappa shape index (κ2) is 4.11. The van der Waals surface area contributed by atoms with E-state index in [1.165, 1.54) is 15.6 Å². The van der Waals surface area contributed by atoms with Crippen LogP contribution in [0.2, 0.25) is 0 Å². The Hall–Kier alpha value is -0.860. The minimum atomic E-state index is 0.455. The van der Waals surface area contributed by atoms with Crippen molar-refractivity contribution in [2.45, 2.75) is 19.9 Å². The monoisotopic (exact) mass is 205 g/mol. The minimum Gasteiger partial charge on any atom is -0.310 e. The average Bonchev–Trinajstić information content (AvgIpc) is 2.61. The van der Waals surface area contributed by atoms with Gasteiger partial charge < -0.3 is 5.32 Å². The van der Waals surface area contributed by atoms with E-state index in [9.17, 15) is 0 Å². The number of nitrogens with one attached hydrogen (secondary N) is 1. The van der Waals surface area contributed by atoms with Crippen LogP contribution < -0.4 is 5.32 Å². The molecule has 0 amide bonds. The Morgan fingerprint density at radius 2 is 2.14 bits per heavy atom. The molecule has 1 heterocycles. The SMILES string of the molecule is CCNC(C)c1csc2ccccc12. The van der Waals surface area contributed by atoms with Gasteiger partial charge in [0.25, 0.3) is 0 Å². The van der Waals surface area contributed by atoms with Crippen molar-refractivity contribution in [3.63, 3.8) is 0 Å². The van der Waals surface area contributed by atoms with Crippen molar-refractivity contribution in [2.24, 2.45) is 0 Å². The first-order chi connectivity index (χ1) is 6.83. The molecule has 2 heteroatoms. The molecule has 0 saturated carbocycles. The van der Waals surface area contributed by atoms with Crippen molar-refractivity contribution < 1.29 is 0 Å². The number of benzene rings is 1. The zero-order chi connectivity index (χ0) is 9.97. The minimum absolute atomic E-state index is 0.455. The topological polar surface area (TPSA) is 12.0 Å². The van der Waals surface area contributed by atoms with Gasteiger partial charge in [-0.05, 0) is 35.9 Å². The van der Waals surface area contributed by atoms with Gasteiger partial charge in [-0.15, -0.1) is 11.3 Å². The summed E-state index contributed by atoms with van der Waals surface area (Å²) in [5.41, 5.74) is 1.42. The van der Waals surface area contributed by atoms with Crippen LogP contribution in [0, 0.1) is 0 Å². The molecule has 1 unspecified atom stereocenters. The fourth-order valence-corrected chi connectivity index (χ4v) is 2.80. The molecule has 1 atom stereocenters. The summed E-state index contributed by atoms with van der Waals surface area (Å²) < 4.78 is 1.38. The van der Waals surface area contributed by atoms with Crippen molar-refractivity contribution in [3.8, 4) is 0 Å². The van der Waals surface area contributed by atoms with Crippen molar-refractivity contribution in [1.29, 1.82) is 0 Å². The van der Waals surface area contributed by atoms with E-state index >= 15 is 0 Å². The number of hydrogen-bond donors (Lipinski definition) is 1. The molecule has 1 aromatic heterocycles. The third-order valence-electron chi connectivity index (χ3n) is 2.49. The van der Waals surface area contributed by atoms with Crippen LogP contribution in [0.3, 0.4) is 0 Å². The van der Waals surface area contributed by atoms with E-state index in [-0.39, 0.29) is 0 Å². The van der Waals surface area contributed by atoms with Gasteiger partial charge in [-0.2, -0.15) is 0 Å². The number of fused-ring (bicyclic) bond motifs is 1. The molecule has 0 aliphatic carbocycles. The average molecular weight is 205 g/mol. The molecule has 0 radical (unpaired) electrons. The van der Waals surface area contributed by atoms with Crippen LogP contribution in [0.5, 0.6) is 0 Å². The van der Waals surface area contributed by atoms with E-state index in [0.717, 1.165) is 6.54 Å². The molecule has 0 bridgehead atoms. The molecule has 1 N–H and O–H groups in total. The van der Waals surface area contributed by atoms with E-state index in [2.05, 4.69) is 48.8 Å². The summed E-state index contributed by atoms with van der Waals surface area (Å²) in [5.74, 6) is 0. The maximum Gasteiger partial charge on any atom is 0.0346 e. The molecule has 1 nitrogen and oxygen atoms in total. The normalized spacial score (nSPS) is 13.3. The van der Waals surface area contributed by atoms with Gasteiger partial charge in [0, 0.05) is 10.7 Å². The van der Waals surface area contributed by atoms with Crippen molar-refractivity contribution in [2.75, 3.05) is 6.54 Å². The Labute approximate surface area is 88.8 Å². The van der Waals surface area contributed by atoms with Crippen molar-refractivity contribution >= 4 is 21.4 Å². The molecule has 2 aromatic rings. The van der Waals surface area contributed by atoms with Crippen LogP contribution in [-0.4, -0.2) is 6.54 Å². The van der Waals surface area contributed by atoms with Crippen LogP contribution in [0.1, 0.15) is 25.5 Å². The van der Waals surface area contributed by atoms with E-state index in [0.29, 0.717) is 6.04 Å². The molecule has 74 valence electrons. The Morgan fingerprint density at radius 3 is 2.93 bits per heavy atom. The highest BCUT2D eigenvalue weighted by atomic mass is 32.1. The quantitative estimate of drug-likeness (QED) is 0.807. The van der Waals surface area contributed by atoms with E-state index in [1.807, 2.05) is 11.3 Å². The van der Waals surface area contributed by atoms with Gasteiger partial charge in [0.05, 0.1) is 0 Å². The Balaban J connectivity index is 2.42. The molecule has 14 heavy (non-hydrogen) atoms. The van der Waals surface area contributed by atoms with Gasteiger partial charge in [0.2, 0.25) is 0 Å². The molecule has 0 saturated heterocycles. The Kier molecular flexibility index (Phi) is 2.85. The molecule has 0 aliphatic rings. The molecular formula is C12H15NS. The molecule has 0 fully saturated rings. The lowest BCUT2D eigenvalue weighted by atomic mass is 10.1. The third kappa shape index (κ3) is 1.68. The van der Waals surface area contributed by atoms with Gasteiger partial charge in [-0.1, -0.05) is 25.1 Å². The smallest absolute Gasteiger partial charge is 0.0346 e. The molecule has 2 rings (SSSR count). The Bertz CT molecular complexity index is 419. The van der Waals surface area contributed by atoms with Crippen LogP contribution in [0.15, 0.2) is 29.6 Å². The van der Waals surface area contributed by atoms with Gasteiger partial charge >= 0.3 is 0 Å². The van der Waals surface area contributed by atoms with E-state index in [1.54, 1.807) is 0 Å². The maximum absolute atomic E-state index is 3.45. The molecular weight excluding hydrogens is 190 g/mol. The summed E-state index contributed by atoms with van der Waals surface area (Å²) in [4.78, 5) is 0. The van der Waals surface area contributed by atoms with Crippen LogP contribution in [0.25, 0.3) is 10.1 Å². The molecule has 1 aromatic carbocycles. The van der Waals surface area contributed by atoms with Crippen molar-refractivity contribution in [3.05, 3.63) is 35.2 Å². The van der Waals surface area contributed by atoms with E-state index < -0.39 is 0 Å². The standard InChI is InChI=1S/C12H15NS/c1-3-13-9(2)11-8-14-12-7-5-4-6-10(11)12/h4-9,13H,3H2,1-2H3. The molecule has 0 aliphatic heterocycles. The van der Waals surface area contributed by atoms with Gasteiger partial charge in [-0.3, -0.25) is 0 Å². The third-order valence-corrected chi connectivity index (χ3v) is 3.47. The fourth-order valence-electron chi connectivity index (χ4n) is 1.75. The lowest BCUT2D eigenvalue weighted by Crippen LogP contribution is -2.17. The summed E-state index contributed by atoms with van der Waals surface area (Å²) in [6, 6.07) is 9.05. The largest absolute Gasteiger partial charge is 0.310 e. The van der Waals surface area contributed by atoms with Crippen molar-refractivity contribution in [1.82, 2.24) is 5.32 Å². The number of thiophene rings is 1. The first-order valence-electron chi connectivity index (χ1n) is 5.02. The Morgan fingerprint density at radius 1 is 1.36 bits per heavy atom. The summed E-state index contributed by atoms with van der Waals surface area (Å²) in [6.45, 7) is 5.38. The van der Waals surface area contributed by atoms with Crippen LogP contribution in [0.4, 0.5) is 0 Å². The zero-order valence-corrected chi connectivity index (χ0v) is 9.40. The lowest BCUT2D eigenvalue weighted by Gasteiger charge is -2.10. The summed E-state index contributed by atoms with van der Waals surface area (Å²) in [6.07, 6.45) is 0. The highest BCUT2D eigenvalue weighted by Gasteiger charge is 2.09. The molecule has 0 spiro atoms.